The summed E-state index contributed by atoms with van der Waals surface area (Å²) in [5.41, 5.74) is 10.3. The fourth-order valence-corrected chi connectivity index (χ4v) is 2.79. The van der Waals surface area contributed by atoms with Gasteiger partial charge in [0.15, 0.2) is 0 Å². The first-order valence-corrected chi connectivity index (χ1v) is 7.08. The van der Waals surface area contributed by atoms with Crippen molar-refractivity contribution in [2.75, 3.05) is 0 Å². The van der Waals surface area contributed by atoms with Crippen LogP contribution in [0.3, 0.4) is 0 Å². The molecular formula is C19H18FN. The highest BCUT2D eigenvalue weighted by Gasteiger charge is 2.14. The normalized spacial score (nSPS) is 12.6. The smallest absolute Gasteiger partial charge is 0.126 e. The lowest BCUT2D eigenvalue weighted by atomic mass is 9.92. The summed E-state index contributed by atoms with van der Waals surface area (Å²) in [6.07, 6.45) is 0. The zero-order chi connectivity index (χ0) is 15.0. The van der Waals surface area contributed by atoms with Gasteiger partial charge in [-0.3, -0.25) is 0 Å². The topological polar surface area (TPSA) is 26.0 Å². The van der Waals surface area contributed by atoms with Gasteiger partial charge < -0.3 is 5.73 Å². The van der Waals surface area contributed by atoms with Gasteiger partial charge in [-0.2, -0.15) is 0 Å². The van der Waals surface area contributed by atoms with Crippen LogP contribution in [0.4, 0.5) is 4.39 Å². The van der Waals surface area contributed by atoms with Crippen molar-refractivity contribution in [2.24, 2.45) is 5.73 Å². The first-order chi connectivity index (χ1) is 10.1. The largest absolute Gasteiger partial charge is 0.320 e. The van der Waals surface area contributed by atoms with Crippen LogP contribution >= 0.6 is 0 Å². The van der Waals surface area contributed by atoms with E-state index in [2.05, 4.69) is 31.2 Å². The molecule has 0 aliphatic carbocycles. The van der Waals surface area contributed by atoms with E-state index in [-0.39, 0.29) is 11.9 Å². The van der Waals surface area contributed by atoms with Crippen LogP contribution in [0.15, 0.2) is 54.6 Å². The molecule has 0 saturated carbocycles. The molecule has 0 spiro atoms. The van der Waals surface area contributed by atoms with Gasteiger partial charge >= 0.3 is 0 Å². The lowest BCUT2D eigenvalue weighted by Crippen LogP contribution is -2.13. The first kappa shape index (κ1) is 13.8. The molecule has 3 aromatic carbocycles. The summed E-state index contributed by atoms with van der Waals surface area (Å²) >= 11 is 0. The third-order valence-electron chi connectivity index (χ3n) is 4.05. The predicted molar refractivity (Wildman–Crippen MR) is 85.9 cm³/mol. The van der Waals surface area contributed by atoms with Gasteiger partial charge in [-0.15, -0.1) is 0 Å². The SMILES string of the molecule is Cc1cc(C(N)c2ccc(C)c3ccccc23)ccc1F. The Hall–Kier alpha value is -2.19. The Morgan fingerprint density at radius 3 is 2.29 bits per heavy atom. The van der Waals surface area contributed by atoms with Crippen LogP contribution in [0.2, 0.25) is 0 Å². The molecule has 2 N–H and O–H groups in total. The summed E-state index contributed by atoms with van der Waals surface area (Å²) in [5, 5.41) is 2.37. The van der Waals surface area contributed by atoms with E-state index >= 15 is 0 Å². The average molecular weight is 279 g/mol. The number of nitrogens with two attached hydrogens (primary N) is 1. The van der Waals surface area contributed by atoms with Crippen LogP contribution in [0.1, 0.15) is 28.3 Å². The van der Waals surface area contributed by atoms with E-state index < -0.39 is 0 Å². The Bertz CT molecular complexity index is 808. The quantitative estimate of drug-likeness (QED) is 0.726. The van der Waals surface area contributed by atoms with Crippen molar-refractivity contribution in [3.63, 3.8) is 0 Å². The maximum atomic E-state index is 13.4. The molecule has 3 aromatic rings. The number of hydrogen-bond acceptors (Lipinski definition) is 1. The molecule has 0 saturated heterocycles. The van der Waals surface area contributed by atoms with Crippen molar-refractivity contribution in [1.29, 1.82) is 0 Å². The lowest BCUT2D eigenvalue weighted by molar-refractivity contribution is 0.617. The Morgan fingerprint density at radius 1 is 0.857 bits per heavy atom. The highest BCUT2D eigenvalue weighted by Crippen LogP contribution is 2.29. The molecule has 3 rings (SSSR count). The maximum absolute atomic E-state index is 13.4. The summed E-state index contributed by atoms with van der Waals surface area (Å²) in [4.78, 5) is 0. The van der Waals surface area contributed by atoms with Gasteiger partial charge in [0.2, 0.25) is 0 Å². The molecule has 0 aromatic heterocycles. The Morgan fingerprint density at radius 2 is 1.57 bits per heavy atom. The molecule has 0 aliphatic heterocycles. The number of halogens is 1. The molecule has 1 unspecified atom stereocenters. The molecule has 106 valence electrons. The van der Waals surface area contributed by atoms with E-state index in [1.54, 1.807) is 13.0 Å². The van der Waals surface area contributed by atoms with E-state index in [9.17, 15) is 4.39 Å². The Balaban J connectivity index is 2.15. The number of hydrogen-bond donors (Lipinski definition) is 1. The van der Waals surface area contributed by atoms with Gasteiger partial charge in [0.05, 0.1) is 6.04 Å². The van der Waals surface area contributed by atoms with E-state index in [4.69, 9.17) is 5.73 Å². The minimum absolute atomic E-state index is 0.195. The second kappa shape index (κ2) is 5.30. The van der Waals surface area contributed by atoms with E-state index in [0.717, 1.165) is 16.5 Å². The average Bonchev–Trinajstić information content (AvgIpc) is 2.50. The van der Waals surface area contributed by atoms with Crippen molar-refractivity contribution >= 4 is 10.8 Å². The molecule has 1 atom stereocenters. The highest BCUT2D eigenvalue weighted by atomic mass is 19.1. The molecule has 0 amide bonds. The fraction of sp³-hybridized carbons (Fsp3) is 0.158. The maximum Gasteiger partial charge on any atom is 0.126 e. The molecular weight excluding hydrogens is 261 g/mol. The summed E-state index contributed by atoms with van der Waals surface area (Å²) < 4.78 is 13.4. The monoisotopic (exact) mass is 279 g/mol. The third-order valence-corrected chi connectivity index (χ3v) is 4.05. The summed E-state index contributed by atoms with van der Waals surface area (Å²) in [5.74, 6) is -0.195. The molecule has 0 heterocycles. The number of rotatable bonds is 2. The van der Waals surface area contributed by atoms with E-state index in [0.29, 0.717) is 5.56 Å². The molecule has 2 heteroatoms. The molecule has 0 radical (unpaired) electrons. The van der Waals surface area contributed by atoms with Crippen LogP contribution in [-0.2, 0) is 0 Å². The third kappa shape index (κ3) is 2.43. The molecule has 21 heavy (non-hydrogen) atoms. The number of fused-ring (bicyclic) bond motifs is 1. The molecule has 0 aliphatic rings. The second-order valence-electron chi connectivity index (χ2n) is 5.50. The van der Waals surface area contributed by atoms with Gasteiger partial charge in [0.25, 0.3) is 0 Å². The van der Waals surface area contributed by atoms with Crippen LogP contribution < -0.4 is 5.73 Å². The zero-order valence-corrected chi connectivity index (χ0v) is 12.2. The van der Waals surface area contributed by atoms with Crippen LogP contribution in [0.25, 0.3) is 10.8 Å². The fourth-order valence-electron chi connectivity index (χ4n) is 2.79. The molecule has 1 nitrogen and oxygen atoms in total. The van der Waals surface area contributed by atoms with Crippen molar-refractivity contribution < 1.29 is 4.39 Å². The minimum atomic E-state index is -0.255. The number of benzene rings is 3. The van der Waals surface area contributed by atoms with Crippen molar-refractivity contribution in [3.05, 3.63) is 82.7 Å². The van der Waals surface area contributed by atoms with Gasteiger partial charge in [0.1, 0.15) is 5.82 Å². The van der Waals surface area contributed by atoms with Crippen LogP contribution in [-0.4, -0.2) is 0 Å². The van der Waals surface area contributed by atoms with Crippen LogP contribution in [0, 0.1) is 19.7 Å². The number of aryl methyl sites for hydroxylation is 2. The minimum Gasteiger partial charge on any atom is -0.320 e. The summed E-state index contributed by atoms with van der Waals surface area (Å²) in [6.45, 7) is 3.86. The molecule has 0 fully saturated rings. The van der Waals surface area contributed by atoms with E-state index in [1.165, 1.54) is 17.0 Å². The lowest BCUT2D eigenvalue weighted by Gasteiger charge is -2.17. The zero-order valence-electron chi connectivity index (χ0n) is 12.2. The van der Waals surface area contributed by atoms with Gasteiger partial charge in [-0.25, -0.2) is 4.39 Å². The summed E-state index contributed by atoms with van der Waals surface area (Å²) in [7, 11) is 0. The van der Waals surface area contributed by atoms with Crippen molar-refractivity contribution in [2.45, 2.75) is 19.9 Å². The Labute approximate surface area is 124 Å². The molecule has 0 bridgehead atoms. The van der Waals surface area contributed by atoms with Gasteiger partial charge in [0, 0.05) is 0 Å². The second-order valence-corrected chi connectivity index (χ2v) is 5.50. The van der Waals surface area contributed by atoms with E-state index in [1.807, 2.05) is 18.2 Å². The van der Waals surface area contributed by atoms with Crippen molar-refractivity contribution in [1.82, 2.24) is 0 Å². The predicted octanol–water partition coefficient (Wildman–Crippen LogP) is 4.64. The van der Waals surface area contributed by atoms with Gasteiger partial charge in [-0.1, -0.05) is 48.5 Å². The van der Waals surface area contributed by atoms with Crippen LogP contribution in [0.5, 0.6) is 0 Å². The van der Waals surface area contributed by atoms with Crippen molar-refractivity contribution in [3.8, 4) is 0 Å². The standard InChI is InChI=1S/C19H18FN/c1-12-7-9-17(16-6-4-3-5-15(12)16)19(21)14-8-10-18(20)13(2)11-14/h3-11,19H,21H2,1-2H3. The Kier molecular flexibility index (Phi) is 3.48. The van der Waals surface area contributed by atoms with Gasteiger partial charge in [-0.05, 0) is 52.9 Å². The summed E-state index contributed by atoms with van der Waals surface area (Å²) in [6, 6.07) is 17.2. The first-order valence-electron chi connectivity index (χ1n) is 7.08. The highest BCUT2D eigenvalue weighted by molar-refractivity contribution is 5.89.